The van der Waals surface area contributed by atoms with Gasteiger partial charge in [0.25, 0.3) is 0 Å². The van der Waals surface area contributed by atoms with Gasteiger partial charge in [-0.15, -0.1) is 11.8 Å². The Labute approximate surface area is 125 Å². The first-order valence-corrected chi connectivity index (χ1v) is 7.95. The van der Waals surface area contributed by atoms with Crippen molar-refractivity contribution in [2.24, 2.45) is 11.5 Å². The number of hydrogen-bond acceptors (Lipinski definition) is 3. The molecule has 4 heteroatoms. The number of primary amides is 1. The van der Waals surface area contributed by atoms with Crippen molar-refractivity contribution >= 4 is 17.7 Å². The molecule has 3 nitrogen and oxygen atoms in total. The molecule has 20 heavy (non-hydrogen) atoms. The minimum absolute atomic E-state index is 0.176. The predicted molar refractivity (Wildman–Crippen MR) is 84.8 cm³/mol. The van der Waals surface area contributed by atoms with E-state index in [1.54, 1.807) is 11.8 Å². The lowest BCUT2D eigenvalue weighted by Gasteiger charge is -2.20. The zero-order valence-electron chi connectivity index (χ0n) is 12.5. The molecule has 1 amide bonds. The summed E-state index contributed by atoms with van der Waals surface area (Å²) in [6.07, 6.45) is 2.32. The fourth-order valence-electron chi connectivity index (χ4n) is 2.58. The Hall–Kier alpha value is -1.00. The van der Waals surface area contributed by atoms with Gasteiger partial charge in [0.2, 0.25) is 5.91 Å². The fraction of sp³-hybridized carbons (Fsp3) is 0.562. The highest BCUT2D eigenvalue weighted by Crippen LogP contribution is 2.39. The van der Waals surface area contributed by atoms with E-state index in [4.69, 9.17) is 11.5 Å². The van der Waals surface area contributed by atoms with Crippen LogP contribution in [0.4, 0.5) is 0 Å². The van der Waals surface area contributed by atoms with E-state index in [1.807, 2.05) is 0 Å². The van der Waals surface area contributed by atoms with Gasteiger partial charge in [-0.3, -0.25) is 4.79 Å². The average Bonchev–Trinajstić information content (AvgIpc) is 2.72. The molecule has 2 rings (SSSR count). The van der Waals surface area contributed by atoms with Gasteiger partial charge in [0, 0.05) is 10.1 Å². The summed E-state index contributed by atoms with van der Waals surface area (Å²) >= 11 is 1.80. The van der Waals surface area contributed by atoms with Crippen LogP contribution in [0.3, 0.4) is 0 Å². The molecule has 4 N–H and O–H groups in total. The topological polar surface area (TPSA) is 69.1 Å². The number of rotatable bonds is 3. The summed E-state index contributed by atoms with van der Waals surface area (Å²) in [6, 6.07) is 8.68. The minimum Gasteiger partial charge on any atom is -0.368 e. The number of nitrogens with two attached hydrogens (primary N) is 2. The second kappa shape index (κ2) is 5.41. The van der Waals surface area contributed by atoms with Crippen LogP contribution in [0.2, 0.25) is 0 Å². The highest BCUT2D eigenvalue weighted by Gasteiger charge is 2.40. The SMILES string of the molecule is CC(C)(C)c1ccc(SC2CCC(N)(C(N)=O)C2)cc1. The molecule has 110 valence electrons. The summed E-state index contributed by atoms with van der Waals surface area (Å²) in [5.74, 6) is -0.372. The van der Waals surface area contributed by atoms with Crippen LogP contribution in [-0.2, 0) is 10.2 Å². The van der Waals surface area contributed by atoms with Gasteiger partial charge in [0.05, 0.1) is 5.54 Å². The Bertz CT molecular complexity index is 492. The third-order valence-electron chi connectivity index (χ3n) is 4.02. The Kier molecular flexibility index (Phi) is 4.17. The molecule has 0 radical (unpaired) electrons. The molecule has 1 aliphatic rings. The molecule has 1 aromatic rings. The van der Waals surface area contributed by atoms with Crippen LogP contribution in [0.1, 0.15) is 45.6 Å². The molecule has 1 saturated carbocycles. The number of thioether (sulfide) groups is 1. The third-order valence-corrected chi connectivity index (χ3v) is 5.30. The smallest absolute Gasteiger partial charge is 0.237 e. The number of benzene rings is 1. The Morgan fingerprint density at radius 1 is 1.30 bits per heavy atom. The molecular formula is C16H24N2OS. The lowest BCUT2D eigenvalue weighted by atomic mass is 9.87. The van der Waals surface area contributed by atoms with Crippen LogP contribution in [0, 0.1) is 0 Å². The monoisotopic (exact) mass is 292 g/mol. The lowest BCUT2D eigenvalue weighted by molar-refractivity contribution is -0.122. The summed E-state index contributed by atoms with van der Waals surface area (Å²) in [6.45, 7) is 6.63. The van der Waals surface area contributed by atoms with Crippen LogP contribution in [0.15, 0.2) is 29.2 Å². The molecule has 0 bridgehead atoms. The largest absolute Gasteiger partial charge is 0.368 e. The van der Waals surface area contributed by atoms with Gasteiger partial charge in [0.15, 0.2) is 0 Å². The van der Waals surface area contributed by atoms with Gasteiger partial charge in [0.1, 0.15) is 0 Å². The maximum atomic E-state index is 11.4. The molecule has 0 aliphatic heterocycles. The zero-order valence-corrected chi connectivity index (χ0v) is 13.3. The molecule has 1 fully saturated rings. The number of amides is 1. The van der Waals surface area contributed by atoms with Gasteiger partial charge in [-0.1, -0.05) is 32.9 Å². The van der Waals surface area contributed by atoms with Gasteiger partial charge in [-0.25, -0.2) is 0 Å². The normalized spacial score (nSPS) is 26.7. The van der Waals surface area contributed by atoms with Crippen molar-refractivity contribution in [3.05, 3.63) is 29.8 Å². The molecule has 1 aromatic carbocycles. The van der Waals surface area contributed by atoms with E-state index >= 15 is 0 Å². The van der Waals surface area contributed by atoms with E-state index in [0.29, 0.717) is 18.1 Å². The Balaban J connectivity index is 2.00. The summed E-state index contributed by atoms with van der Waals surface area (Å²) in [5, 5.41) is 0.382. The quantitative estimate of drug-likeness (QED) is 0.900. The first-order valence-electron chi connectivity index (χ1n) is 7.07. The van der Waals surface area contributed by atoms with Crippen molar-refractivity contribution in [2.75, 3.05) is 0 Å². The second-order valence-corrected chi connectivity index (χ2v) is 8.15. The van der Waals surface area contributed by atoms with Gasteiger partial charge >= 0.3 is 0 Å². The minimum atomic E-state index is -0.803. The molecule has 0 aromatic heterocycles. The number of carbonyl (C=O) groups excluding carboxylic acids is 1. The molecular weight excluding hydrogens is 268 g/mol. The third kappa shape index (κ3) is 3.36. The summed E-state index contributed by atoms with van der Waals surface area (Å²) in [5.41, 5.74) is 12.1. The first kappa shape index (κ1) is 15.4. The van der Waals surface area contributed by atoms with Crippen molar-refractivity contribution in [2.45, 2.75) is 61.1 Å². The maximum absolute atomic E-state index is 11.4. The van der Waals surface area contributed by atoms with Gasteiger partial charge in [-0.2, -0.15) is 0 Å². The van der Waals surface area contributed by atoms with Crippen molar-refractivity contribution < 1.29 is 4.79 Å². The van der Waals surface area contributed by atoms with Gasteiger partial charge < -0.3 is 11.5 Å². The van der Waals surface area contributed by atoms with Crippen LogP contribution in [0.25, 0.3) is 0 Å². The molecule has 0 heterocycles. The standard InChI is InChI=1S/C16H24N2OS/c1-15(2,3)11-4-6-12(7-5-11)20-13-8-9-16(18,10-13)14(17)19/h4-7,13H,8-10,18H2,1-3H3,(H2,17,19). The number of hydrogen-bond donors (Lipinski definition) is 2. The highest BCUT2D eigenvalue weighted by atomic mass is 32.2. The van der Waals surface area contributed by atoms with Gasteiger partial charge in [-0.05, 0) is 42.4 Å². The fourth-order valence-corrected chi connectivity index (χ4v) is 3.87. The van der Waals surface area contributed by atoms with Crippen molar-refractivity contribution in [3.8, 4) is 0 Å². The van der Waals surface area contributed by atoms with Crippen molar-refractivity contribution in [1.29, 1.82) is 0 Å². The summed E-state index contributed by atoms with van der Waals surface area (Å²) in [4.78, 5) is 12.6. The Morgan fingerprint density at radius 3 is 2.35 bits per heavy atom. The molecule has 2 atom stereocenters. The van der Waals surface area contributed by atoms with Crippen LogP contribution in [-0.4, -0.2) is 16.7 Å². The second-order valence-electron chi connectivity index (χ2n) is 6.78. The summed E-state index contributed by atoms with van der Waals surface area (Å²) < 4.78 is 0. The zero-order chi connectivity index (χ0) is 15.0. The lowest BCUT2D eigenvalue weighted by Crippen LogP contribution is -2.50. The first-order chi connectivity index (χ1) is 9.21. The van der Waals surface area contributed by atoms with E-state index in [2.05, 4.69) is 45.0 Å². The van der Waals surface area contributed by atoms with E-state index in [9.17, 15) is 4.79 Å². The Morgan fingerprint density at radius 2 is 1.90 bits per heavy atom. The molecule has 1 aliphatic carbocycles. The van der Waals surface area contributed by atoms with E-state index < -0.39 is 5.54 Å². The van der Waals surface area contributed by atoms with Crippen molar-refractivity contribution in [1.82, 2.24) is 0 Å². The van der Waals surface area contributed by atoms with Crippen molar-refractivity contribution in [3.63, 3.8) is 0 Å². The molecule has 2 unspecified atom stereocenters. The van der Waals surface area contributed by atoms with Crippen LogP contribution >= 0.6 is 11.8 Å². The predicted octanol–water partition coefficient (Wildman–Crippen LogP) is 2.81. The van der Waals surface area contributed by atoms with Crippen LogP contribution in [0.5, 0.6) is 0 Å². The number of carbonyl (C=O) groups is 1. The van der Waals surface area contributed by atoms with E-state index in [0.717, 1.165) is 6.42 Å². The molecule has 0 saturated heterocycles. The maximum Gasteiger partial charge on any atom is 0.237 e. The van der Waals surface area contributed by atoms with E-state index in [1.165, 1.54) is 10.5 Å². The van der Waals surface area contributed by atoms with Crippen LogP contribution < -0.4 is 11.5 Å². The highest BCUT2D eigenvalue weighted by molar-refractivity contribution is 8.00. The summed E-state index contributed by atoms with van der Waals surface area (Å²) in [7, 11) is 0. The average molecular weight is 292 g/mol. The molecule has 0 spiro atoms. The van der Waals surface area contributed by atoms with E-state index in [-0.39, 0.29) is 11.3 Å².